The third-order valence-corrected chi connectivity index (χ3v) is 4.75. The maximum Gasteiger partial charge on any atom is 0.166 e. The van der Waals surface area contributed by atoms with Crippen molar-refractivity contribution in [3.8, 4) is 11.5 Å². The van der Waals surface area contributed by atoms with Crippen molar-refractivity contribution < 1.29 is 9.47 Å². The maximum atomic E-state index is 6.23. The minimum absolute atomic E-state index is 0. The van der Waals surface area contributed by atoms with Crippen molar-refractivity contribution in [3.05, 3.63) is 58.6 Å². The minimum atomic E-state index is 0. The maximum absolute atomic E-state index is 6.23. The summed E-state index contributed by atoms with van der Waals surface area (Å²) < 4.78 is 11.6. The van der Waals surface area contributed by atoms with Gasteiger partial charge in [-0.25, -0.2) is 0 Å². The molecule has 0 fully saturated rings. The summed E-state index contributed by atoms with van der Waals surface area (Å²) in [6.07, 6.45) is 6.43. The van der Waals surface area contributed by atoms with E-state index in [1.807, 2.05) is 36.4 Å². The molecule has 27 heavy (non-hydrogen) atoms. The molecule has 0 aliphatic heterocycles. The lowest BCUT2D eigenvalue weighted by atomic mass is 10.1. The Labute approximate surface area is 174 Å². The lowest BCUT2D eigenvalue weighted by molar-refractivity contribution is 0.280. The van der Waals surface area contributed by atoms with Gasteiger partial charge in [0.25, 0.3) is 0 Å². The van der Waals surface area contributed by atoms with Gasteiger partial charge in [0.1, 0.15) is 6.61 Å². The molecule has 0 aromatic heterocycles. The number of rotatable bonds is 12. The fraction of sp³-hybridized carbons (Fsp3) is 0.455. The predicted molar refractivity (Wildman–Crippen MR) is 116 cm³/mol. The zero-order chi connectivity index (χ0) is 18.6. The second kappa shape index (κ2) is 13.7. The highest BCUT2D eigenvalue weighted by Crippen LogP contribution is 2.32. The lowest BCUT2D eigenvalue weighted by Gasteiger charge is -2.16. The van der Waals surface area contributed by atoms with E-state index in [-0.39, 0.29) is 12.4 Å². The van der Waals surface area contributed by atoms with E-state index in [1.54, 1.807) is 7.11 Å². The smallest absolute Gasteiger partial charge is 0.166 e. The number of methoxy groups -OCH3 is 1. The number of ether oxygens (including phenoxy) is 2. The molecule has 0 bridgehead atoms. The van der Waals surface area contributed by atoms with E-state index in [9.17, 15) is 0 Å². The van der Waals surface area contributed by atoms with E-state index in [2.05, 4.69) is 18.3 Å². The van der Waals surface area contributed by atoms with E-state index < -0.39 is 0 Å². The molecule has 0 unspecified atom stereocenters. The molecule has 0 saturated carbocycles. The number of hydrogen-bond donors (Lipinski definition) is 1. The fourth-order valence-corrected chi connectivity index (χ4v) is 3.06. The second-order valence-electron chi connectivity index (χ2n) is 6.42. The first kappa shape index (κ1) is 23.6. The molecule has 0 radical (unpaired) electrons. The SMILES string of the molecule is CCCCCCCNCc1cccc(OC)c1OCc1ccccc1Cl.Cl. The summed E-state index contributed by atoms with van der Waals surface area (Å²) in [5.74, 6) is 1.53. The third kappa shape index (κ3) is 8.00. The van der Waals surface area contributed by atoms with E-state index in [4.69, 9.17) is 21.1 Å². The molecule has 0 aliphatic rings. The van der Waals surface area contributed by atoms with Gasteiger partial charge in [-0.1, -0.05) is 74.5 Å². The van der Waals surface area contributed by atoms with E-state index >= 15 is 0 Å². The summed E-state index contributed by atoms with van der Waals surface area (Å²) in [4.78, 5) is 0. The van der Waals surface area contributed by atoms with Gasteiger partial charge in [0.05, 0.1) is 7.11 Å². The number of halogens is 2. The topological polar surface area (TPSA) is 30.5 Å². The first-order valence-electron chi connectivity index (χ1n) is 9.49. The highest BCUT2D eigenvalue weighted by molar-refractivity contribution is 6.31. The van der Waals surface area contributed by atoms with Crippen molar-refractivity contribution in [2.45, 2.75) is 52.2 Å². The van der Waals surface area contributed by atoms with Crippen molar-refractivity contribution in [2.24, 2.45) is 0 Å². The van der Waals surface area contributed by atoms with Gasteiger partial charge in [-0.2, -0.15) is 0 Å². The van der Waals surface area contributed by atoms with Crippen LogP contribution in [-0.4, -0.2) is 13.7 Å². The van der Waals surface area contributed by atoms with Crippen LogP contribution in [0.4, 0.5) is 0 Å². The van der Waals surface area contributed by atoms with Gasteiger partial charge < -0.3 is 14.8 Å². The summed E-state index contributed by atoms with van der Waals surface area (Å²) in [7, 11) is 1.67. The summed E-state index contributed by atoms with van der Waals surface area (Å²) in [5.41, 5.74) is 2.07. The predicted octanol–water partition coefficient (Wildman–Crippen LogP) is 6.41. The number of nitrogens with one attached hydrogen (secondary N) is 1. The lowest BCUT2D eigenvalue weighted by Crippen LogP contribution is -2.15. The summed E-state index contributed by atoms with van der Waals surface area (Å²) in [6.45, 7) is 4.45. The van der Waals surface area contributed by atoms with Crippen molar-refractivity contribution in [3.63, 3.8) is 0 Å². The first-order valence-corrected chi connectivity index (χ1v) is 9.86. The highest BCUT2D eigenvalue weighted by atomic mass is 35.5. The molecule has 0 aliphatic carbocycles. The normalized spacial score (nSPS) is 10.3. The molecular formula is C22H31Cl2NO2. The molecule has 0 spiro atoms. The van der Waals surface area contributed by atoms with Gasteiger partial charge >= 0.3 is 0 Å². The average Bonchev–Trinajstić information content (AvgIpc) is 2.67. The third-order valence-electron chi connectivity index (χ3n) is 4.38. The zero-order valence-electron chi connectivity index (χ0n) is 16.3. The van der Waals surface area contributed by atoms with Crippen LogP contribution >= 0.6 is 24.0 Å². The Kier molecular flexibility index (Phi) is 12.0. The summed E-state index contributed by atoms with van der Waals surface area (Å²) >= 11 is 6.23. The molecule has 0 heterocycles. The molecule has 3 nitrogen and oxygen atoms in total. The Morgan fingerprint density at radius 2 is 1.67 bits per heavy atom. The quantitative estimate of drug-likeness (QED) is 0.409. The van der Waals surface area contributed by atoms with E-state index in [0.29, 0.717) is 11.6 Å². The van der Waals surface area contributed by atoms with E-state index in [1.165, 1.54) is 32.1 Å². The van der Waals surface area contributed by atoms with Crippen LogP contribution in [0.1, 0.15) is 50.2 Å². The van der Waals surface area contributed by atoms with E-state index in [0.717, 1.165) is 35.7 Å². The van der Waals surface area contributed by atoms with Crippen LogP contribution in [0.5, 0.6) is 11.5 Å². The monoisotopic (exact) mass is 411 g/mol. The minimum Gasteiger partial charge on any atom is -0.493 e. The largest absolute Gasteiger partial charge is 0.493 e. The Morgan fingerprint density at radius 3 is 2.41 bits per heavy atom. The van der Waals surface area contributed by atoms with Gasteiger partial charge in [-0.3, -0.25) is 0 Å². The van der Waals surface area contributed by atoms with Crippen LogP contribution < -0.4 is 14.8 Å². The fourth-order valence-electron chi connectivity index (χ4n) is 2.87. The van der Waals surface area contributed by atoms with Crippen LogP contribution in [-0.2, 0) is 13.2 Å². The molecule has 5 heteroatoms. The molecule has 0 atom stereocenters. The Bertz CT molecular complexity index is 665. The van der Waals surface area contributed by atoms with Crippen LogP contribution in [0.15, 0.2) is 42.5 Å². The Balaban J connectivity index is 0.00000364. The first-order chi connectivity index (χ1) is 12.8. The molecule has 2 rings (SSSR count). The molecule has 1 N–H and O–H groups in total. The average molecular weight is 412 g/mol. The molecule has 2 aromatic carbocycles. The molecular weight excluding hydrogens is 381 g/mol. The summed E-state index contributed by atoms with van der Waals surface area (Å²) in [6, 6.07) is 13.7. The Hall–Kier alpha value is -1.42. The molecule has 0 saturated heterocycles. The molecule has 2 aromatic rings. The molecule has 0 amide bonds. The van der Waals surface area contributed by atoms with Crippen LogP contribution in [0, 0.1) is 0 Å². The van der Waals surface area contributed by atoms with Crippen molar-refractivity contribution in [2.75, 3.05) is 13.7 Å². The number of benzene rings is 2. The zero-order valence-corrected chi connectivity index (χ0v) is 17.9. The summed E-state index contributed by atoms with van der Waals surface area (Å²) in [5, 5.41) is 4.24. The van der Waals surface area contributed by atoms with Crippen molar-refractivity contribution in [1.82, 2.24) is 5.32 Å². The second-order valence-corrected chi connectivity index (χ2v) is 6.83. The standard InChI is InChI=1S/C22H30ClNO2.ClH/c1-3-4-5-6-9-15-24-16-18-12-10-14-21(25-2)22(18)26-17-19-11-7-8-13-20(19)23;/h7-8,10-14,24H,3-6,9,15-17H2,1-2H3;1H. The van der Waals surface area contributed by atoms with Gasteiger partial charge in [-0.05, 0) is 25.1 Å². The van der Waals surface area contributed by atoms with Gasteiger partial charge in [-0.15, -0.1) is 12.4 Å². The number of para-hydroxylation sites is 1. The number of unbranched alkanes of at least 4 members (excludes halogenated alkanes) is 4. The van der Waals surface area contributed by atoms with Crippen LogP contribution in [0.25, 0.3) is 0 Å². The van der Waals surface area contributed by atoms with Crippen LogP contribution in [0.3, 0.4) is 0 Å². The highest BCUT2D eigenvalue weighted by Gasteiger charge is 2.11. The molecule has 150 valence electrons. The van der Waals surface area contributed by atoms with Crippen molar-refractivity contribution >= 4 is 24.0 Å². The van der Waals surface area contributed by atoms with Gasteiger partial charge in [0.2, 0.25) is 0 Å². The van der Waals surface area contributed by atoms with Crippen LogP contribution in [0.2, 0.25) is 5.02 Å². The van der Waals surface area contributed by atoms with Crippen molar-refractivity contribution in [1.29, 1.82) is 0 Å². The Morgan fingerprint density at radius 1 is 0.926 bits per heavy atom. The van der Waals surface area contributed by atoms with Gasteiger partial charge in [0.15, 0.2) is 11.5 Å². The number of hydrogen-bond acceptors (Lipinski definition) is 3. The van der Waals surface area contributed by atoms with Gasteiger partial charge in [0, 0.05) is 22.7 Å².